The van der Waals surface area contributed by atoms with Gasteiger partial charge in [0.05, 0.1) is 33.2 Å². The van der Waals surface area contributed by atoms with Gasteiger partial charge in [-0.05, 0) is 50.6 Å². The Hall–Kier alpha value is -3.52. The zero-order valence-electron chi connectivity index (χ0n) is 17.8. The zero-order chi connectivity index (χ0) is 23.0. The third-order valence-electron chi connectivity index (χ3n) is 5.31. The first-order chi connectivity index (χ1) is 15.3. The number of amides is 1. The van der Waals surface area contributed by atoms with Crippen LogP contribution in [0.5, 0.6) is 0 Å². The molecule has 0 radical (unpaired) electrons. The lowest BCUT2D eigenvalue weighted by molar-refractivity contribution is -0.119. The lowest BCUT2D eigenvalue weighted by Crippen LogP contribution is -2.35. The summed E-state index contributed by atoms with van der Waals surface area (Å²) in [5, 5.41) is 12.1. The van der Waals surface area contributed by atoms with Crippen molar-refractivity contribution >= 4 is 34.1 Å². The number of aryl methyl sites for hydroxylation is 2. The van der Waals surface area contributed by atoms with Crippen LogP contribution in [0.2, 0.25) is 5.02 Å². The first kappa shape index (κ1) is 21.7. The molecule has 0 aliphatic carbocycles. The fourth-order valence-corrected chi connectivity index (χ4v) is 3.90. The van der Waals surface area contributed by atoms with Gasteiger partial charge in [0.1, 0.15) is 17.4 Å². The van der Waals surface area contributed by atoms with Crippen molar-refractivity contribution in [3.63, 3.8) is 0 Å². The molecule has 7 nitrogen and oxygen atoms in total. The molecule has 4 rings (SSSR count). The van der Waals surface area contributed by atoms with Gasteiger partial charge >= 0.3 is 0 Å². The zero-order valence-corrected chi connectivity index (χ0v) is 18.5. The van der Waals surface area contributed by atoms with Gasteiger partial charge in [0, 0.05) is 0 Å². The van der Waals surface area contributed by atoms with Crippen LogP contribution in [-0.2, 0) is 4.79 Å². The fraction of sp³-hybridized carbons (Fsp3) is 0.217. The summed E-state index contributed by atoms with van der Waals surface area (Å²) in [6, 6.07) is 12.3. The average Bonchev–Trinajstić information content (AvgIpc) is 3.13. The SMILES string of the molecule is CC[C@H](C(=O)Nc1ccc(F)cc1Cl)n1nc(C)c2nn(-c3ccccc3)c(C)c2c1=O. The number of carbonyl (C=O) groups is 1. The molecule has 2 aromatic carbocycles. The highest BCUT2D eigenvalue weighted by atomic mass is 35.5. The van der Waals surface area contributed by atoms with Crippen LogP contribution in [0.1, 0.15) is 30.8 Å². The summed E-state index contributed by atoms with van der Waals surface area (Å²) < 4.78 is 16.2. The molecule has 164 valence electrons. The summed E-state index contributed by atoms with van der Waals surface area (Å²) in [7, 11) is 0. The Kier molecular flexibility index (Phi) is 5.80. The van der Waals surface area contributed by atoms with Gasteiger partial charge in [-0.2, -0.15) is 10.2 Å². The largest absolute Gasteiger partial charge is 0.323 e. The van der Waals surface area contributed by atoms with E-state index < -0.39 is 23.3 Å². The predicted molar refractivity (Wildman–Crippen MR) is 122 cm³/mol. The number of para-hydroxylation sites is 1. The third kappa shape index (κ3) is 3.78. The average molecular weight is 454 g/mol. The molecule has 0 fully saturated rings. The van der Waals surface area contributed by atoms with Crippen LogP contribution in [0.3, 0.4) is 0 Å². The fourth-order valence-electron chi connectivity index (χ4n) is 3.69. The van der Waals surface area contributed by atoms with Crippen molar-refractivity contribution < 1.29 is 9.18 Å². The normalized spacial score (nSPS) is 12.2. The minimum atomic E-state index is -0.883. The standard InChI is InChI=1S/C23H21ClFN5O2/c1-4-19(22(31)26-18-11-10-15(25)12-17(18)24)30-23(32)20-14(3)29(16-8-6-5-7-9-16)28-21(20)13(2)27-30/h5-12,19H,4H2,1-3H3,(H,26,31)/t19-/m1/s1. The summed E-state index contributed by atoms with van der Waals surface area (Å²) in [5.41, 5.74) is 2.36. The van der Waals surface area contributed by atoms with Crippen LogP contribution in [-0.4, -0.2) is 25.5 Å². The van der Waals surface area contributed by atoms with Crippen LogP contribution in [0.15, 0.2) is 53.3 Å². The van der Waals surface area contributed by atoms with Crippen LogP contribution < -0.4 is 10.9 Å². The van der Waals surface area contributed by atoms with E-state index in [1.807, 2.05) is 37.3 Å². The second kappa shape index (κ2) is 8.55. The van der Waals surface area contributed by atoms with Crippen LogP contribution in [0.4, 0.5) is 10.1 Å². The van der Waals surface area contributed by atoms with E-state index in [2.05, 4.69) is 15.5 Å². The van der Waals surface area contributed by atoms with Crippen molar-refractivity contribution in [2.45, 2.75) is 33.2 Å². The molecule has 2 aromatic heterocycles. The van der Waals surface area contributed by atoms with Gasteiger partial charge in [0.2, 0.25) is 5.91 Å². The Morgan fingerprint density at radius 3 is 2.53 bits per heavy atom. The van der Waals surface area contributed by atoms with Gasteiger partial charge in [-0.25, -0.2) is 13.8 Å². The Labute approximate surface area is 188 Å². The van der Waals surface area contributed by atoms with Crippen molar-refractivity contribution in [1.82, 2.24) is 19.6 Å². The van der Waals surface area contributed by atoms with Gasteiger partial charge in [0.25, 0.3) is 5.56 Å². The van der Waals surface area contributed by atoms with Crippen LogP contribution in [0.25, 0.3) is 16.6 Å². The van der Waals surface area contributed by atoms with Crippen molar-refractivity contribution in [1.29, 1.82) is 0 Å². The molecule has 0 spiro atoms. The highest BCUT2D eigenvalue weighted by Crippen LogP contribution is 2.25. The number of carbonyl (C=O) groups excluding carboxylic acids is 1. The minimum Gasteiger partial charge on any atom is -0.323 e. The van der Waals surface area contributed by atoms with E-state index in [0.717, 1.165) is 11.8 Å². The van der Waals surface area contributed by atoms with E-state index in [4.69, 9.17) is 11.6 Å². The number of hydrogen-bond acceptors (Lipinski definition) is 4. The Balaban J connectivity index is 1.79. The molecule has 0 aliphatic rings. The molecular formula is C23H21ClFN5O2. The maximum absolute atomic E-state index is 13.4. The lowest BCUT2D eigenvalue weighted by Gasteiger charge is -2.18. The van der Waals surface area contributed by atoms with Gasteiger partial charge in [-0.1, -0.05) is 36.7 Å². The molecular weight excluding hydrogens is 433 g/mol. The van der Waals surface area contributed by atoms with E-state index in [9.17, 15) is 14.0 Å². The summed E-state index contributed by atoms with van der Waals surface area (Å²) in [4.78, 5) is 26.4. The predicted octanol–water partition coefficient (Wildman–Crippen LogP) is 4.58. The molecule has 1 amide bonds. The molecule has 0 saturated heterocycles. The second-order valence-corrected chi connectivity index (χ2v) is 7.84. The van der Waals surface area contributed by atoms with E-state index in [-0.39, 0.29) is 10.7 Å². The molecule has 0 unspecified atom stereocenters. The number of fused-ring (bicyclic) bond motifs is 1. The van der Waals surface area contributed by atoms with E-state index in [0.29, 0.717) is 28.7 Å². The van der Waals surface area contributed by atoms with E-state index in [1.54, 1.807) is 18.5 Å². The number of benzene rings is 2. The van der Waals surface area contributed by atoms with Crippen LogP contribution in [0, 0.1) is 19.7 Å². The summed E-state index contributed by atoms with van der Waals surface area (Å²) in [5.74, 6) is -0.979. The monoisotopic (exact) mass is 453 g/mol. The molecule has 0 bridgehead atoms. The number of anilines is 1. The molecule has 0 saturated carbocycles. The van der Waals surface area contributed by atoms with Crippen molar-refractivity contribution in [2.24, 2.45) is 0 Å². The number of rotatable bonds is 5. The Bertz CT molecular complexity index is 1380. The molecule has 1 N–H and O–H groups in total. The summed E-state index contributed by atoms with van der Waals surface area (Å²) in [6.45, 7) is 5.35. The molecule has 4 aromatic rings. The third-order valence-corrected chi connectivity index (χ3v) is 5.63. The van der Waals surface area contributed by atoms with Crippen molar-refractivity contribution in [3.8, 4) is 5.69 Å². The highest BCUT2D eigenvalue weighted by molar-refractivity contribution is 6.33. The van der Waals surface area contributed by atoms with Crippen LogP contribution >= 0.6 is 11.6 Å². The molecule has 0 aliphatic heterocycles. The first-order valence-electron chi connectivity index (χ1n) is 10.1. The number of hydrogen-bond donors (Lipinski definition) is 1. The van der Waals surface area contributed by atoms with E-state index in [1.165, 1.54) is 16.8 Å². The summed E-state index contributed by atoms with van der Waals surface area (Å²) in [6.07, 6.45) is 0.314. The Morgan fingerprint density at radius 1 is 1.16 bits per heavy atom. The van der Waals surface area contributed by atoms with Gasteiger partial charge < -0.3 is 5.32 Å². The second-order valence-electron chi connectivity index (χ2n) is 7.43. The highest BCUT2D eigenvalue weighted by Gasteiger charge is 2.26. The lowest BCUT2D eigenvalue weighted by atomic mass is 10.2. The van der Waals surface area contributed by atoms with Gasteiger partial charge in [0.15, 0.2) is 0 Å². The number of nitrogens with zero attached hydrogens (tertiary/aromatic N) is 4. The molecule has 9 heteroatoms. The Morgan fingerprint density at radius 2 is 1.88 bits per heavy atom. The van der Waals surface area contributed by atoms with Gasteiger partial charge in [-0.15, -0.1) is 0 Å². The topological polar surface area (TPSA) is 81.8 Å². The smallest absolute Gasteiger partial charge is 0.278 e. The first-order valence-corrected chi connectivity index (χ1v) is 10.5. The quantitative estimate of drug-likeness (QED) is 0.479. The van der Waals surface area contributed by atoms with Crippen molar-refractivity contribution in [3.05, 3.63) is 81.1 Å². The van der Waals surface area contributed by atoms with Crippen molar-refractivity contribution in [2.75, 3.05) is 5.32 Å². The number of halogens is 2. The minimum absolute atomic E-state index is 0.0696. The summed E-state index contributed by atoms with van der Waals surface area (Å²) >= 11 is 6.03. The van der Waals surface area contributed by atoms with Gasteiger partial charge in [-0.3, -0.25) is 9.59 Å². The maximum atomic E-state index is 13.4. The number of aromatic nitrogens is 4. The molecule has 32 heavy (non-hydrogen) atoms. The maximum Gasteiger partial charge on any atom is 0.278 e. The molecule has 2 heterocycles. The van der Waals surface area contributed by atoms with E-state index >= 15 is 0 Å². The number of nitrogens with one attached hydrogen (secondary N) is 1. The molecule has 1 atom stereocenters.